The summed E-state index contributed by atoms with van der Waals surface area (Å²) in [6, 6.07) is 9.09. The van der Waals surface area contributed by atoms with Crippen molar-refractivity contribution < 1.29 is 4.79 Å². The third-order valence-electron chi connectivity index (χ3n) is 9.55. The maximum absolute atomic E-state index is 13.1. The predicted molar refractivity (Wildman–Crippen MR) is 146 cm³/mol. The van der Waals surface area contributed by atoms with Crippen LogP contribution in [0.3, 0.4) is 0 Å². The molecule has 3 fully saturated rings. The largest absolute Gasteiger partial charge is 0.375 e. The second-order valence-corrected chi connectivity index (χ2v) is 11.6. The molecule has 1 aromatic carbocycles. The van der Waals surface area contributed by atoms with Gasteiger partial charge < -0.3 is 9.47 Å². The number of carbonyl (C=O) groups is 1. The Hall–Kier alpha value is -3.39. The minimum atomic E-state index is 0.0197. The molecule has 2 bridgehead atoms. The molecule has 3 heterocycles. The number of carbonyl (C=O) groups excluding carboxylic acids is 1. The highest BCUT2D eigenvalue weighted by Gasteiger charge is 2.42. The van der Waals surface area contributed by atoms with Crippen LogP contribution in [0.4, 0.5) is 0 Å². The van der Waals surface area contributed by atoms with E-state index in [0.29, 0.717) is 29.4 Å². The van der Waals surface area contributed by atoms with Gasteiger partial charge in [0.25, 0.3) is 0 Å². The van der Waals surface area contributed by atoms with Gasteiger partial charge in [-0.1, -0.05) is 25.1 Å². The van der Waals surface area contributed by atoms with Crippen LogP contribution in [0.15, 0.2) is 48.9 Å². The van der Waals surface area contributed by atoms with Crippen molar-refractivity contribution in [3.05, 3.63) is 76.8 Å². The van der Waals surface area contributed by atoms with Crippen molar-refractivity contribution in [2.45, 2.75) is 57.8 Å². The number of likely N-dealkylation sites (tertiary alicyclic amines) is 1. The zero-order valence-corrected chi connectivity index (χ0v) is 22.0. The Labute approximate surface area is 219 Å². The van der Waals surface area contributed by atoms with E-state index in [2.05, 4.69) is 42.3 Å². The fourth-order valence-corrected chi connectivity index (χ4v) is 7.47. The van der Waals surface area contributed by atoms with Crippen molar-refractivity contribution >= 4 is 16.8 Å². The molecule has 37 heavy (non-hydrogen) atoms. The first-order chi connectivity index (χ1) is 17.9. The summed E-state index contributed by atoms with van der Waals surface area (Å²) in [5.41, 5.74) is 6.97. The lowest BCUT2D eigenvalue weighted by Crippen LogP contribution is -2.35. The van der Waals surface area contributed by atoms with Crippen LogP contribution in [0.2, 0.25) is 0 Å². The van der Waals surface area contributed by atoms with Gasteiger partial charge in [-0.25, -0.2) is 4.98 Å². The van der Waals surface area contributed by atoms with Gasteiger partial charge >= 0.3 is 0 Å². The number of nitriles is 1. The summed E-state index contributed by atoms with van der Waals surface area (Å²) < 4.78 is 2.14. The van der Waals surface area contributed by atoms with Gasteiger partial charge in [0.2, 0.25) is 0 Å². The van der Waals surface area contributed by atoms with Gasteiger partial charge in [0, 0.05) is 61.5 Å². The van der Waals surface area contributed by atoms with E-state index in [1.54, 1.807) is 24.3 Å². The van der Waals surface area contributed by atoms with Crippen molar-refractivity contribution in [2.24, 2.45) is 24.8 Å². The average molecular weight is 493 g/mol. The molecule has 3 aromatic rings. The molecule has 3 aliphatic rings. The normalized spacial score (nSPS) is 23.5. The summed E-state index contributed by atoms with van der Waals surface area (Å²) in [7, 11) is 2.07. The molecule has 0 radical (unpaired) electrons. The summed E-state index contributed by atoms with van der Waals surface area (Å²) in [6.45, 7) is 8.87. The minimum Gasteiger partial charge on any atom is -0.375 e. The number of rotatable bonds is 6. The number of fused-ring (bicyclic) bond motifs is 3. The first-order valence-electron chi connectivity index (χ1n) is 13.8. The zero-order valence-electron chi connectivity index (χ0n) is 22.0. The summed E-state index contributed by atoms with van der Waals surface area (Å²) in [6.07, 6.45) is 12.3. The number of ketones is 1. The van der Waals surface area contributed by atoms with Gasteiger partial charge in [0.15, 0.2) is 5.78 Å². The van der Waals surface area contributed by atoms with Crippen molar-refractivity contribution in [1.82, 2.24) is 14.5 Å². The molecule has 5 nitrogen and oxygen atoms in total. The number of piperidine rings is 1. The topological polar surface area (TPSA) is 61.9 Å². The molecule has 5 heteroatoms. The Kier molecular flexibility index (Phi) is 6.15. The Bertz CT molecular complexity index is 1420. The van der Waals surface area contributed by atoms with E-state index < -0.39 is 0 Å². The van der Waals surface area contributed by atoms with Gasteiger partial charge in [0.1, 0.15) is 5.65 Å². The molecule has 2 aliphatic carbocycles. The van der Waals surface area contributed by atoms with Crippen LogP contribution in [-0.2, 0) is 13.5 Å². The second-order valence-electron chi connectivity index (χ2n) is 11.6. The van der Waals surface area contributed by atoms with Crippen LogP contribution in [0.25, 0.3) is 11.0 Å². The molecule has 1 saturated heterocycles. The average Bonchev–Trinajstić information content (AvgIpc) is 3.65. The smallest absolute Gasteiger partial charge is 0.167 e. The van der Waals surface area contributed by atoms with Crippen LogP contribution in [0, 0.1) is 36.0 Å². The van der Waals surface area contributed by atoms with Gasteiger partial charge in [0.05, 0.1) is 11.6 Å². The van der Waals surface area contributed by atoms with E-state index in [1.165, 1.54) is 42.3 Å². The highest BCUT2D eigenvalue weighted by Crippen LogP contribution is 2.51. The lowest BCUT2D eigenvalue weighted by Gasteiger charge is -2.39. The lowest BCUT2D eigenvalue weighted by molar-refractivity contribution is 0.0992. The van der Waals surface area contributed by atoms with E-state index in [0.717, 1.165) is 54.5 Å². The van der Waals surface area contributed by atoms with E-state index in [9.17, 15) is 10.1 Å². The predicted octanol–water partition coefficient (Wildman–Crippen LogP) is 6.31. The van der Waals surface area contributed by atoms with E-state index in [-0.39, 0.29) is 5.78 Å². The molecule has 6 rings (SSSR count). The molecule has 0 spiro atoms. The zero-order chi connectivity index (χ0) is 25.7. The maximum atomic E-state index is 13.1. The summed E-state index contributed by atoms with van der Waals surface area (Å²) in [4.78, 5) is 20.4. The first kappa shape index (κ1) is 24.0. The van der Waals surface area contributed by atoms with Crippen LogP contribution >= 0.6 is 0 Å². The van der Waals surface area contributed by atoms with Crippen molar-refractivity contribution in [3.63, 3.8) is 0 Å². The van der Waals surface area contributed by atoms with E-state index in [4.69, 9.17) is 4.98 Å². The molecule has 3 atom stereocenters. The summed E-state index contributed by atoms with van der Waals surface area (Å²) in [5, 5.41) is 10.4. The van der Waals surface area contributed by atoms with Crippen LogP contribution < -0.4 is 0 Å². The van der Waals surface area contributed by atoms with Crippen LogP contribution in [-0.4, -0.2) is 33.3 Å². The minimum absolute atomic E-state index is 0.0197. The molecule has 190 valence electrons. The standard InChI is InChI=1S/C32H36N4O/c1-20-27(16-30(37)26-6-4-5-23(14-26)17-33)18-34-32-31(20)29(19-35(32)3)24-9-11-36(12-10-24)21(2)28-15-22-7-8-25(28)13-22/h4-6,14,18-19,22,24-25,28H,2,7-13,15-16H2,1,3H3/t22?,25-,28?/m1/s1. The highest BCUT2D eigenvalue weighted by molar-refractivity contribution is 5.98. The molecule has 0 amide bonds. The molecule has 2 aromatic heterocycles. The van der Waals surface area contributed by atoms with E-state index in [1.807, 2.05) is 6.20 Å². The SMILES string of the molecule is C=C(C1CC2CC[C@@H]1C2)N1CCC(c2cn(C)c3ncc(CC(=O)c4cccc(C#N)c4)c(C)c23)CC1. The second kappa shape index (κ2) is 9.49. The number of allylic oxidation sites excluding steroid dienone is 1. The molecule has 1 aliphatic heterocycles. The van der Waals surface area contributed by atoms with Gasteiger partial charge in [-0.15, -0.1) is 0 Å². The van der Waals surface area contributed by atoms with Gasteiger partial charge in [-0.2, -0.15) is 5.26 Å². The quantitative estimate of drug-likeness (QED) is 0.379. The van der Waals surface area contributed by atoms with Crippen molar-refractivity contribution in [3.8, 4) is 6.07 Å². The lowest BCUT2D eigenvalue weighted by atomic mass is 9.84. The Morgan fingerprint density at radius 1 is 1.19 bits per heavy atom. The summed E-state index contributed by atoms with van der Waals surface area (Å²) >= 11 is 0. The van der Waals surface area contributed by atoms with Crippen LogP contribution in [0.5, 0.6) is 0 Å². The van der Waals surface area contributed by atoms with Gasteiger partial charge in [-0.3, -0.25) is 4.79 Å². The number of hydrogen-bond acceptors (Lipinski definition) is 4. The van der Waals surface area contributed by atoms with E-state index >= 15 is 0 Å². The monoisotopic (exact) mass is 492 g/mol. The van der Waals surface area contributed by atoms with Crippen LogP contribution in [0.1, 0.15) is 77.1 Å². The number of nitrogens with zero attached hydrogens (tertiary/aromatic N) is 4. The molecule has 2 unspecified atom stereocenters. The number of aromatic nitrogens is 2. The number of Topliss-reactive ketones (excluding diaryl/α,β-unsaturated/α-hetero) is 1. The third kappa shape index (κ3) is 4.27. The van der Waals surface area contributed by atoms with Crippen molar-refractivity contribution in [2.75, 3.05) is 13.1 Å². The highest BCUT2D eigenvalue weighted by atomic mass is 16.1. The Morgan fingerprint density at radius 3 is 2.70 bits per heavy atom. The first-order valence-corrected chi connectivity index (χ1v) is 13.8. The molecule has 2 saturated carbocycles. The number of benzene rings is 1. The summed E-state index contributed by atoms with van der Waals surface area (Å²) in [5.74, 6) is 3.06. The van der Waals surface area contributed by atoms with Crippen molar-refractivity contribution in [1.29, 1.82) is 5.26 Å². The number of pyridine rings is 1. The third-order valence-corrected chi connectivity index (χ3v) is 9.55. The molecule has 0 N–H and O–H groups in total. The van der Waals surface area contributed by atoms with Gasteiger partial charge in [-0.05, 0) is 85.6 Å². The fraction of sp³-hybridized carbons (Fsp3) is 0.469. The fourth-order valence-electron chi connectivity index (χ4n) is 7.47. The Balaban J connectivity index is 1.21. The molecular formula is C32H36N4O. The maximum Gasteiger partial charge on any atom is 0.167 e. The number of hydrogen-bond donors (Lipinski definition) is 0. The molecular weight excluding hydrogens is 456 g/mol. The number of aryl methyl sites for hydroxylation is 2. The Morgan fingerprint density at radius 2 is 2.00 bits per heavy atom.